The molecule has 1 aliphatic rings. The van der Waals surface area contributed by atoms with E-state index < -0.39 is 17.4 Å². The van der Waals surface area contributed by atoms with Gasteiger partial charge in [-0.3, -0.25) is 19.3 Å². The Morgan fingerprint density at radius 3 is 2.47 bits per heavy atom. The van der Waals surface area contributed by atoms with Crippen molar-refractivity contribution < 1.29 is 23.3 Å². The second-order valence-electron chi connectivity index (χ2n) is 9.48. The highest BCUT2D eigenvalue weighted by Crippen LogP contribution is 2.48. The first-order chi connectivity index (χ1) is 17.2. The van der Waals surface area contributed by atoms with Gasteiger partial charge in [-0.25, -0.2) is 0 Å². The molecule has 36 heavy (non-hydrogen) atoms. The van der Waals surface area contributed by atoms with Crippen molar-refractivity contribution >= 4 is 29.2 Å². The highest BCUT2D eigenvalue weighted by Gasteiger charge is 2.56. The summed E-state index contributed by atoms with van der Waals surface area (Å²) in [5.41, 5.74) is 6.98. The number of furan rings is 1. The number of amides is 3. The van der Waals surface area contributed by atoms with Crippen molar-refractivity contribution in [2.24, 2.45) is 11.7 Å². The summed E-state index contributed by atoms with van der Waals surface area (Å²) in [5, 5.41) is 6.40. The third kappa shape index (κ3) is 4.78. The summed E-state index contributed by atoms with van der Waals surface area (Å²) in [6.07, 6.45) is 4.54. The van der Waals surface area contributed by atoms with Crippen LogP contribution in [-0.2, 0) is 19.9 Å². The van der Waals surface area contributed by atoms with Crippen molar-refractivity contribution in [2.45, 2.75) is 64.8 Å². The van der Waals surface area contributed by atoms with E-state index in [9.17, 15) is 14.4 Å². The fourth-order valence-corrected chi connectivity index (χ4v) is 5.21. The molecule has 1 unspecified atom stereocenters. The lowest BCUT2D eigenvalue weighted by molar-refractivity contribution is -0.132. The minimum Gasteiger partial charge on any atom is -0.466 e. The average molecular weight is 493 g/mol. The first-order valence-electron chi connectivity index (χ1n) is 12.2. The van der Waals surface area contributed by atoms with E-state index in [1.165, 1.54) is 11.2 Å². The SMILES string of the molecule is Cc1ccc(C)c(N(C(=O)CCC(=O)Nc2cc(C)on2)C(C(N)=O)(c2ccco2)C2CCCC2)c1. The molecule has 4 rings (SSSR count). The number of aryl methyl sites for hydroxylation is 3. The van der Waals surface area contributed by atoms with E-state index in [1.54, 1.807) is 25.1 Å². The van der Waals surface area contributed by atoms with E-state index in [-0.39, 0.29) is 30.5 Å². The second-order valence-corrected chi connectivity index (χ2v) is 9.48. The van der Waals surface area contributed by atoms with Crippen LogP contribution in [0.5, 0.6) is 0 Å². The lowest BCUT2D eigenvalue weighted by atomic mass is 9.77. The number of nitrogens with one attached hydrogen (secondary N) is 1. The van der Waals surface area contributed by atoms with Gasteiger partial charge < -0.3 is 20.0 Å². The molecule has 0 spiro atoms. The van der Waals surface area contributed by atoms with Crippen LogP contribution in [0.4, 0.5) is 11.5 Å². The van der Waals surface area contributed by atoms with E-state index in [0.29, 0.717) is 17.2 Å². The van der Waals surface area contributed by atoms with Crippen molar-refractivity contribution in [1.82, 2.24) is 5.16 Å². The van der Waals surface area contributed by atoms with Crippen LogP contribution >= 0.6 is 0 Å². The van der Waals surface area contributed by atoms with Gasteiger partial charge in [0.25, 0.3) is 5.91 Å². The molecule has 0 radical (unpaired) electrons. The number of primary amides is 1. The maximum absolute atomic E-state index is 14.0. The molecular weight excluding hydrogens is 460 g/mol. The molecule has 2 heterocycles. The molecule has 190 valence electrons. The number of carbonyl (C=O) groups excluding carboxylic acids is 3. The number of anilines is 2. The van der Waals surface area contributed by atoms with E-state index in [1.807, 2.05) is 32.0 Å². The number of nitrogens with zero attached hydrogens (tertiary/aromatic N) is 2. The number of hydrogen-bond donors (Lipinski definition) is 2. The minimum absolute atomic E-state index is 0.107. The Hall–Kier alpha value is -3.88. The van der Waals surface area contributed by atoms with Gasteiger partial charge >= 0.3 is 0 Å². The van der Waals surface area contributed by atoms with Crippen LogP contribution in [0.15, 0.2) is 51.6 Å². The van der Waals surface area contributed by atoms with Crippen LogP contribution in [0.1, 0.15) is 61.2 Å². The van der Waals surface area contributed by atoms with Crippen molar-refractivity contribution in [3.8, 4) is 0 Å². The van der Waals surface area contributed by atoms with Gasteiger partial charge in [0.2, 0.25) is 11.8 Å². The zero-order chi connectivity index (χ0) is 25.9. The van der Waals surface area contributed by atoms with Crippen molar-refractivity contribution in [1.29, 1.82) is 0 Å². The molecular formula is C27H32N4O5. The van der Waals surface area contributed by atoms with Gasteiger partial charge in [0, 0.05) is 24.6 Å². The minimum atomic E-state index is -1.52. The highest BCUT2D eigenvalue weighted by atomic mass is 16.5. The molecule has 1 aliphatic carbocycles. The van der Waals surface area contributed by atoms with Crippen LogP contribution in [0.25, 0.3) is 0 Å². The highest BCUT2D eigenvalue weighted by molar-refractivity contribution is 6.05. The van der Waals surface area contributed by atoms with E-state index in [0.717, 1.165) is 36.8 Å². The van der Waals surface area contributed by atoms with Gasteiger partial charge in [0.05, 0.1) is 6.26 Å². The molecule has 9 nitrogen and oxygen atoms in total. The second kappa shape index (κ2) is 10.4. The number of carbonyl (C=O) groups is 3. The Morgan fingerprint density at radius 1 is 1.11 bits per heavy atom. The normalized spacial score (nSPS) is 15.4. The van der Waals surface area contributed by atoms with Crippen LogP contribution in [0, 0.1) is 26.7 Å². The lowest BCUT2D eigenvalue weighted by Gasteiger charge is -2.44. The monoisotopic (exact) mass is 492 g/mol. The number of nitrogens with two attached hydrogens (primary N) is 1. The van der Waals surface area contributed by atoms with Gasteiger partial charge in [0.1, 0.15) is 11.5 Å². The molecule has 3 amide bonds. The van der Waals surface area contributed by atoms with Crippen molar-refractivity contribution in [3.63, 3.8) is 0 Å². The van der Waals surface area contributed by atoms with Crippen molar-refractivity contribution in [3.05, 3.63) is 65.3 Å². The quantitative estimate of drug-likeness (QED) is 0.452. The first kappa shape index (κ1) is 25.2. The third-order valence-corrected chi connectivity index (χ3v) is 6.89. The average Bonchev–Trinajstić information content (AvgIpc) is 3.61. The zero-order valence-corrected chi connectivity index (χ0v) is 20.9. The molecule has 0 saturated heterocycles. The van der Waals surface area contributed by atoms with Crippen LogP contribution in [-0.4, -0.2) is 22.9 Å². The fourth-order valence-electron chi connectivity index (χ4n) is 5.21. The van der Waals surface area contributed by atoms with E-state index >= 15 is 0 Å². The summed E-state index contributed by atoms with van der Waals surface area (Å²) < 4.78 is 10.8. The summed E-state index contributed by atoms with van der Waals surface area (Å²) in [7, 11) is 0. The van der Waals surface area contributed by atoms with Gasteiger partial charge in [-0.15, -0.1) is 0 Å². The zero-order valence-electron chi connectivity index (χ0n) is 20.9. The third-order valence-electron chi connectivity index (χ3n) is 6.89. The Morgan fingerprint density at radius 2 is 1.86 bits per heavy atom. The Labute approximate surface area is 210 Å². The largest absolute Gasteiger partial charge is 0.466 e. The molecule has 9 heteroatoms. The smallest absolute Gasteiger partial charge is 0.252 e. The van der Waals surface area contributed by atoms with Gasteiger partial charge in [-0.05, 0) is 68.9 Å². The van der Waals surface area contributed by atoms with Crippen LogP contribution in [0.2, 0.25) is 0 Å². The molecule has 3 aromatic rings. The molecule has 0 aliphatic heterocycles. The molecule has 2 aromatic heterocycles. The maximum atomic E-state index is 14.0. The van der Waals surface area contributed by atoms with Gasteiger partial charge in [-0.1, -0.05) is 30.1 Å². The lowest BCUT2D eigenvalue weighted by Crippen LogP contribution is -2.61. The van der Waals surface area contributed by atoms with Crippen LogP contribution < -0.4 is 16.0 Å². The van der Waals surface area contributed by atoms with Gasteiger partial charge in [-0.2, -0.15) is 0 Å². The predicted molar refractivity (Wildman–Crippen MR) is 134 cm³/mol. The molecule has 0 bridgehead atoms. The number of aromatic nitrogens is 1. The molecule has 1 fully saturated rings. The molecule has 1 aromatic carbocycles. The Balaban J connectivity index is 1.75. The predicted octanol–water partition coefficient (Wildman–Crippen LogP) is 4.52. The van der Waals surface area contributed by atoms with E-state index in [4.69, 9.17) is 14.7 Å². The Bertz CT molecular complexity index is 1240. The number of rotatable bonds is 9. The summed E-state index contributed by atoms with van der Waals surface area (Å²) in [6.45, 7) is 5.53. The number of hydrogen-bond acceptors (Lipinski definition) is 6. The fraction of sp³-hybridized carbons (Fsp3) is 0.407. The molecule has 3 N–H and O–H groups in total. The number of benzene rings is 1. The van der Waals surface area contributed by atoms with Crippen LogP contribution in [0.3, 0.4) is 0 Å². The first-order valence-corrected chi connectivity index (χ1v) is 12.2. The summed E-state index contributed by atoms with van der Waals surface area (Å²) >= 11 is 0. The maximum Gasteiger partial charge on any atom is 0.252 e. The van der Waals surface area contributed by atoms with Crippen molar-refractivity contribution in [2.75, 3.05) is 10.2 Å². The molecule has 1 atom stereocenters. The van der Waals surface area contributed by atoms with E-state index in [2.05, 4.69) is 10.5 Å². The molecule has 1 saturated carbocycles. The van der Waals surface area contributed by atoms with Gasteiger partial charge in [0.15, 0.2) is 11.4 Å². The summed E-state index contributed by atoms with van der Waals surface area (Å²) in [4.78, 5) is 41.6. The Kier molecular flexibility index (Phi) is 7.28. The summed E-state index contributed by atoms with van der Waals surface area (Å²) in [5.74, 6) is -0.483. The standard InChI is InChI=1S/C27H32N4O5/c1-17-10-11-18(2)21(15-17)31(25(33)13-12-24(32)29-23-16-19(3)36-30-23)27(26(28)34,20-7-4-5-8-20)22-9-6-14-35-22/h6,9-11,14-16,20H,4-5,7-8,12-13H2,1-3H3,(H2,28,34)(H,29,30,32). The topological polar surface area (TPSA) is 132 Å². The summed E-state index contributed by atoms with van der Waals surface area (Å²) in [6, 6.07) is 10.7.